The summed E-state index contributed by atoms with van der Waals surface area (Å²) in [6, 6.07) is 11.0. The quantitative estimate of drug-likeness (QED) is 0.396. The molecule has 0 fully saturated rings. The maximum absolute atomic E-state index is 12.7. The van der Waals surface area contributed by atoms with E-state index in [9.17, 15) is 14.8 Å². The summed E-state index contributed by atoms with van der Waals surface area (Å²) in [7, 11) is 0. The minimum absolute atomic E-state index is 0.215. The second-order valence-corrected chi connectivity index (χ2v) is 6.28. The minimum Gasteiger partial charge on any atom is -0.421 e. The van der Waals surface area contributed by atoms with Gasteiger partial charge >= 0.3 is 5.97 Å². The topological polar surface area (TPSA) is 72.8 Å². The van der Waals surface area contributed by atoms with Gasteiger partial charge in [0.1, 0.15) is 0 Å². The number of hydrogen-bond acceptors (Lipinski definition) is 5. The molecule has 0 spiro atoms. The molecule has 0 aromatic heterocycles. The van der Waals surface area contributed by atoms with Crippen LogP contribution in [0.4, 0.5) is 0 Å². The molecule has 0 aliphatic heterocycles. The summed E-state index contributed by atoms with van der Waals surface area (Å²) in [5.74, 6) is -3.21. The fraction of sp³-hybridized carbons (Fsp3) is 0.222. The van der Waals surface area contributed by atoms with Gasteiger partial charge in [-0.25, -0.2) is 5.26 Å². The first kappa shape index (κ1) is 16.6. The summed E-state index contributed by atoms with van der Waals surface area (Å²) in [5, 5.41) is 10.1. The van der Waals surface area contributed by atoms with Crippen LogP contribution in [0.2, 0.25) is 5.02 Å². The van der Waals surface area contributed by atoms with E-state index in [-0.39, 0.29) is 28.0 Å². The molecular weight excluding hydrogens is 332 g/mol. The lowest BCUT2D eigenvalue weighted by atomic mass is 9.80. The smallest absolute Gasteiger partial charge is 0.311 e. The highest BCUT2D eigenvalue weighted by Crippen LogP contribution is 2.44. The van der Waals surface area contributed by atoms with Crippen molar-refractivity contribution in [2.24, 2.45) is 5.92 Å². The summed E-state index contributed by atoms with van der Waals surface area (Å²) in [6.07, 6.45) is 0. The molecule has 1 unspecified atom stereocenters. The number of ketones is 1. The SMILES string of the molecule is CC(C)C(=O)OC1(OO)c2ccccc2C(=O)c2cc(Cl)ccc21. The van der Waals surface area contributed by atoms with Crippen LogP contribution in [0, 0.1) is 5.92 Å². The van der Waals surface area contributed by atoms with Gasteiger partial charge in [0.2, 0.25) is 0 Å². The van der Waals surface area contributed by atoms with Crippen molar-refractivity contribution >= 4 is 23.4 Å². The number of halogens is 1. The number of fused-ring (bicyclic) bond motifs is 2. The lowest BCUT2D eigenvalue weighted by Crippen LogP contribution is -2.42. The number of esters is 1. The zero-order valence-electron chi connectivity index (χ0n) is 13.1. The lowest BCUT2D eigenvalue weighted by Gasteiger charge is -2.36. The van der Waals surface area contributed by atoms with Crippen molar-refractivity contribution in [2.75, 3.05) is 0 Å². The van der Waals surface area contributed by atoms with E-state index in [2.05, 4.69) is 0 Å². The van der Waals surface area contributed by atoms with Crippen molar-refractivity contribution in [1.29, 1.82) is 0 Å². The monoisotopic (exact) mass is 346 g/mol. The van der Waals surface area contributed by atoms with Crippen LogP contribution in [0.3, 0.4) is 0 Å². The van der Waals surface area contributed by atoms with Crippen LogP contribution in [0.15, 0.2) is 42.5 Å². The van der Waals surface area contributed by atoms with Gasteiger partial charge in [0.25, 0.3) is 5.79 Å². The van der Waals surface area contributed by atoms with Gasteiger partial charge in [-0.05, 0) is 18.2 Å². The van der Waals surface area contributed by atoms with Gasteiger partial charge in [-0.3, -0.25) is 9.59 Å². The van der Waals surface area contributed by atoms with Crippen molar-refractivity contribution < 1.29 is 24.5 Å². The fourth-order valence-corrected chi connectivity index (χ4v) is 2.91. The molecule has 6 heteroatoms. The number of benzene rings is 2. The molecule has 0 amide bonds. The Bertz CT molecular complexity index is 830. The van der Waals surface area contributed by atoms with E-state index in [1.54, 1.807) is 44.2 Å². The predicted molar refractivity (Wildman–Crippen MR) is 86.8 cm³/mol. The Morgan fingerprint density at radius 3 is 2.46 bits per heavy atom. The lowest BCUT2D eigenvalue weighted by molar-refractivity contribution is -0.385. The zero-order valence-corrected chi connectivity index (χ0v) is 13.8. The first-order valence-electron chi connectivity index (χ1n) is 7.40. The number of carbonyl (C=O) groups excluding carboxylic acids is 2. The Balaban J connectivity index is 2.30. The molecule has 1 aliphatic carbocycles. The summed E-state index contributed by atoms with van der Waals surface area (Å²) in [6.45, 7) is 3.33. The number of carbonyl (C=O) groups is 2. The molecule has 2 aromatic carbocycles. The molecule has 24 heavy (non-hydrogen) atoms. The highest BCUT2D eigenvalue weighted by Gasteiger charge is 2.49. The normalized spacial score (nSPS) is 19.0. The third-order valence-electron chi connectivity index (χ3n) is 3.95. The Morgan fingerprint density at radius 1 is 1.12 bits per heavy atom. The maximum Gasteiger partial charge on any atom is 0.311 e. The Morgan fingerprint density at radius 2 is 1.79 bits per heavy atom. The van der Waals surface area contributed by atoms with E-state index < -0.39 is 17.7 Å². The summed E-state index contributed by atoms with van der Waals surface area (Å²) >= 11 is 6.00. The molecule has 1 aliphatic rings. The van der Waals surface area contributed by atoms with Crippen molar-refractivity contribution in [3.63, 3.8) is 0 Å². The summed E-state index contributed by atoms with van der Waals surface area (Å²) in [5.41, 5.74) is 0.984. The maximum atomic E-state index is 12.7. The highest BCUT2D eigenvalue weighted by atomic mass is 35.5. The Hall–Kier alpha value is -2.21. The number of hydrogen-bond donors (Lipinski definition) is 1. The van der Waals surface area contributed by atoms with Gasteiger partial charge in [-0.1, -0.05) is 49.7 Å². The van der Waals surface area contributed by atoms with Crippen LogP contribution >= 0.6 is 11.6 Å². The predicted octanol–water partition coefficient (Wildman–Crippen LogP) is 3.77. The number of ether oxygens (including phenoxy) is 1. The van der Waals surface area contributed by atoms with Crippen molar-refractivity contribution in [3.8, 4) is 0 Å². The first-order chi connectivity index (χ1) is 11.4. The van der Waals surface area contributed by atoms with Crippen LogP contribution in [0.25, 0.3) is 0 Å². The van der Waals surface area contributed by atoms with E-state index in [4.69, 9.17) is 21.2 Å². The van der Waals surface area contributed by atoms with Crippen LogP contribution in [-0.2, 0) is 20.2 Å². The average Bonchev–Trinajstić information content (AvgIpc) is 2.58. The zero-order chi connectivity index (χ0) is 17.5. The molecule has 0 saturated carbocycles. The van der Waals surface area contributed by atoms with Crippen LogP contribution < -0.4 is 0 Å². The van der Waals surface area contributed by atoms with E-state index in [0.29, 0.717) is 5.02 Å². The average molecular weight is 347 g/mol. The van der Waals surface area contributed by atoms with Crippen molar-refractivity contribution in [1.82, 2.24) is 0 Å². The van der Waals surface area contributed by atoms with Crippen LogP contribution in [0.5, 0.6) is 0 Å². The largest absolute Gasteiger partial charge is 0.421 e. The van der Waals surface area contributed by atoms with Crippen LogP contribution in [-0.4, -0.2) is 17.0 Å². The third-order valence-corrected chi connectivity index (χ3v) is 4.19. The minimum atomic E-state index is -1.91. The van der Waals surface area contributed by atoms with Gasteiger partial charge in [-0.15, -0.1) is 0 Å². The molecule has 0 radical (unpaired) electrons. The van der Waals surface area contributed by atoms with E-state index >= 15 is 0 Å². The van der Waals surface area contributed by atoms with Crippen molar-refractivity contribution in [3.05, 3.63) is 69.7 Å². The molecule has 124 valence electrons. The standard InChI is InChI=1S/C18H15ClO5/c1-10(2)17(21)23-18(24-22)14-6-4-3-5-12(14)16(20)13-9-11(19)7-8-15(13)18/h3-10,22H,1-2H3. The molecule has 3 rings (SSSR count). The van der Waals surface area contributed by atoms with Crippen molar-refractivity contribution in [2.45, 2.75) is 19.6 Å². The van der Waals surface area contributed by atoms with Gasteiger partial charge in [0.05, 0.1) is 5.92 Å². The van der Waals surface area contributed by atoms with Gasteiger partial charge in [-0.2, -0.15) is 4.89 Å². The van der Waals surface area contributed by atoms with Gasteiger partial charge < -0.3 is 4.74 Å². The van der Waals surface area contributed by atoms with E-state index in [1.807, 2.05) is 0 Å². The third kappa shape index (κ3) is 2.41. The fourth-order valence-electron chi connectivity index (χ4n) is 2.74. The van der Waals surface area contributed by atoms with Gasteiger partial charge in [0, 0.05) is 27.3 Å². The summed E-state index contributed by atoms with van der Waals surface area (Å²) in [4.78, 5) is 29.7. The number of rotatable bonds is 3. The Kier molecular flexibility index (Phi) is 4.17. The second-order valence-electron chi connectivity index (χ2n) is 5.85. The molecule has 2 aromatic rings. The first-order valence-corrected chi connectivity index (χ1v) is 7.78. The highest BCUT2D eigenvalue weighted by molar-refractivity contribution is 6.31. The molecule has 5 nitrogen and oxygen atoms in total. The summed E-state index contributed by atoms with van der Waals surface area (Å²) < 4.78 is 5.52. The second kappa shape index (κ2) is 6.02. The molecule has 0 bridgehead atoms. The van der Waals surface area contributed by atoms with E-state index in [0.717, 1.165) is 0 Å². The van der Waals surface area contributed by atoms with Gasteiger partial charge in [0.15, 0.2) is 5.78 Å². The molecule has 1 N–H and O–H groups in total. The molecule has 0 heterocycles. The van der Waals surface area contributed by atoms with Crippen LogP contribution in [0.1, 0.15) is 40.9 Å². The Labute approximate surface area is 143 Å². The molecule has 1 atom stereocenters. The molecular formula is C18H15ClO5. The molecule has 0 saturated heterocycles. The van der Waals surface area contributed by atoms with E-state index in [1.165, 1.54) is 12.1 Å².